The third-order valence-electron chi connectivity index (χ3n) is 2.79. The zero-order valence-electron chi connectivity index (χ0n) is 11.8. The first-order valence-corrected chi connectivity index (χ1v) is 6.53. The summed E-state index contributed by atoms with van der Waals surface area (Å²) in [5.41, 5.74) is 0. The smallest absolute Gasteiger partial charge is 0.236 e. The highest BCUT2D eigenvalue weighted by molar-refractivity contribution is 5.81. The lowest BCUT2D eigenvalue weighted by Crippen LogP contribution is -2.49. The Kier molecular flexibility index (Phi) is 8.17. The van der Waals surface area contributed by atoms with Gasteiger partial charge in [0.2, 0.25) is 5.91 Å². The zero-order valence-corrected chi connectivity index (χ0v) is 11.8. The molecule has 0 heterocycles. The molecule has 0 rings (SSSR count). The predicted molar refractivity (Wildman–Crippen MR) is 70.8 cm³/mol. The van der Waals surface area contributed by atoms with Crippen molar-refractivity contribution in [3.63, 3.8) is 0 Å². The van der Waals surface area contributed by atoms with E-state index in [1.54, 1.807) is 0 Å². The molecule has 102 valence electrons. The van der Waals surface area contributed by atoms with Crippen molar-refractivity contribution in [2.75, 3.05) is 13.2 Å². The molecule has 17 heavy (non-hydrogen) atoms. The van der Waals surface area contributed by atoms with Gasteiger partial charge in [-0.3, -0.25) is 4.79 Å². The van der Waals surface area contributed by atoms with Crippen molar-refractivity contribution in [3.8, 4) is 0 Å². The van der Waals surface area contributed by atoms with E-state index in [2.05, 4.69) is 38.3 Å². The second-order valence-corrected chi connectivity index (χ2v) is 5.39. The lowest BCUT2D eigenvalue weighted by atomic mass is 10.0. The molecule has 0 saturated carbocycles. The van der Waals surface area contributed by atoms with E-state index in [-0.39, 0.29) is 24.6 Å². The van der Waals surface area contributed by atoms with Gasteiger partial charge < -0.3 is 15.7 Å². The molecule has 0 aliphatic heterocycles. The van der Waals surface area contributed by atoms with Gasteiger partial charge in [0.15, 0.2) is 0 Å². The molecule has 0 saturated heterocycles. The van der Waals surface area contributed by atoms with Crippen LogP contribution in [0.2, 0.25) is 0 Å². The van der Waals surface area contributed by atoms with E-state index < -0.39 is 0 Å². The number of nitrogens with one attached hydrogen (secondary N) is 2. The van der Waals surface area contributed by atoms with E-state index in [9.17, 15) is 4.79 Å². The van der Waals surface area contributed by atoms with Gasteiger partial charge in [-0.25, -0.2) is 0 Å². The minimum Gasteiger partial charge on any atom is -0.396 e. The molecular weight excluding hydrogens is 216 g/mol. The highest BCUT2D eigenvalue weighted by atomic mass is 16.3. The first-order chi connectivity index (χ1) is 7.88. The van der Waals surface area contributed by atoms with Gasteiger partial charge in [-0.2, -0.15) is 0 Å². The Balaban J connectivity index is 4.11. The normalized spacial score (nSPS) is 15.1. The van der Waals surface area contributed by atoms with Gasteiger partial charge in [0.25, 0.3) is 0 Å². The van der Waals surface area contributed by atoms with E-state index in [1.807, 2.05) is 6.92 Å². The molecule has 0 aromatic heterocycles. The molecule has 0 fully saturated rings. The molecule has 4 nitrogen and oxygen atoms in total. The van der Waals surface area contributed by atoms with Gasteiger partial charge in [0.05, 0.1) is 6.04 Å². The van der Waals surface area contributed by atoms with Crippen molar-refractivity contribution in [3.05, 3.63) is 0 Å². The molecule has 0 aliphatic rings. The van der Waals surface area contributed by atoms with Gasteiger partial charge in [0, 0.05) is 19.2 Å². The van der Waals surface area contributed by atoms with Crippen LogP contribution in [0.25, 0.3) is 0 Å². The molecular formula is C13H28N2O2. The van der Waals surface area contributed by atoms with Gasteiger partial charge in [-0.15, -0.1) is 0 Å². The molecule has 0 aliphatic carbocycles. The van der Waals surface area contributed by atoms with Crippen LogP contribution in [0, 0.1) is 11.8 Å². The summed E-state index contributed by atoms with van der Waals surface area (Å²) in [6, 6.07) is -0.0347. The monoisotopic (exact) mass is 244 g/mol. The first-order valence-electron chi connectivity index (χ1n) is 6.53. The summed E-state index contributed by atoms with van der Waals surface area (Å²) < 4.78 is 0. The Morgan fingerprint density at radius 1 is 1.18 bits per heavy atom. The van der Waals surface area contributed by atoms with Crippen LogP contribution < -0.4 is 10.6 Å². The van der Waals surface area contributed by atoms with Crippen molar-refractivity contribution in [1.82, 2.24) is 10.6 Å². The molecule has 0 radical (unpaired) electrons. The molecule has 2 unspecified atom stereocenters. The third kappa shape index (κ3) is 7.34. The number of amides is 1. The summed E-state index contributed by atoms with van der Waals surface area (Å²) in [5.74, 6) is 0.897. The second kappa shape index (κ2) is 8.48. The highest BCUT2D eigenvalue weighted by Gasteiger charge is 2.19. The van der Waals surface area contributed by atoms with Crippen LogP contribution in [0.5, 0.6) is 0 Å². The number of carbonyl (C=O) groups excluding carboxylic acids is 1. The van der Waals surface area contributed by atoms with E-state index in [1.165, 1.54) is 0 Å². The Labute approximate surface area is 105 Å². The SMILES string of the molecule is CC(C)CNC(=O)C(C)NC(CCO)C(C)C. The molecule has 4 heteroatoms. The van der Waals surface area contributed by atoms with Crippen LogP contribution in [0.15, 0.2) is 0 Å². The maximum atomic E-state index is 11.8. The summed E-state index contributed by atoms with van der Waals surface area (Å²) in [4.78, 5) is 11.8. The Morgan fingerprint density at radius 2 is 1.76 bits per heavy atom. The molecule has 0 aromatic carbocycles. The van der Waals surface area contributed by atoms with Crippen molar-refractivity contribution in [2.24, 2.45) is 11.8 Å². The van der Waals surface area contributed by atoms with Crippen LogP contribution in [-0.2, 0) is 4.79 Å². The fraction of sp³-hybridized carbons (Fsp3) is 0.923. The number of carbonyl (C=O) groups is 1. The average Bonchev–Trinajstić information content (AvgIpc) is 2.24. The number of aliphatic hydroxyl groups excluding tert-OH is 1. The van der Waals surface area contributed by atoms with Crippen LogP contribution in [-0.4, -0.2) is 36.2 Å². The zero-order chi connectivity index (χ0) is 13.4. The van der Waals surface area contributed by atoms with Crippen molar-refractivity contribution in [2.45, 2.75) is 53.1 Å². The number of aliphatic hydroxyl groups is 1. The number of hydrogen-bond acceptors (Lipinski definition) is 3. The number of hydrogen-bond donors (Lipinski definition) is 3. The van der Waals surface area contributed by atoms with Crippen molar-refractivity contribution < 1.29 is 9.90 Å². The van der Waals surface area contributed by atoms with Crippen LogP contribution in [0.4, 0.5) is 0 Å². The lowest BCUT2D eigenvalue weighted by molar-refractivity contribution is -0.123. The molecule has 1 amide bonds. The summed E-state index contributed by atoms with van der Waals surface area (Å²) in [6.45, 7) is 11.0. The molecule has 0 spiro atoms. The quantitative estimate of drug-likeness (QED) is 0.600. The minimum absolute atomic E-state index is 0.0299. The summed E-state index contributed by atoms with van der Waals surface area (Å²) in [5, 5.41) is 15.1. The van der Waals surface area contributed by atoms with Gasteiger partial charge >= 0.3 is 0 Å². The third-order valence-corrected chi connectivity index (χ3v) is 2.79. The standard InChI is InChI=1S/C13H28N2O2/c1-9(2)8-14-13(17)11(5)15-12(6-7-16)10(3)4/h9-12,15-16H,6-8H2,1-5H3,(H,14,17). The Morgan fingerprint density at radius 3 is 2.18 bits per heavy atom. The minimum atomic E-state index is -0.215. The van der Waals surface area contributed by atoms with Gasteiger partial charge in [-0.05, 0) is 25.2 Å². The van der Waals surface area contributed by atoms with Crippen molar-refractivity contribution >= 4 is 5.91 Å². The lowest BCUT2D eigenvalue weighted by Gasteiger charge is -2.25. The Bertz CT molecular complexity index is 217. The molecule has 3 N–H and O–H groups in total. The second-order valence-electron chi connectivity index (χ2n) is 5.39. The van der Waals surface area contributed by atoms with E-state index in [0.29, 0.717) is 24.8 Å². The maximum absolute atomic E-state index is 11.8. The predicted octanol–water partition coefficient (Wildman–Crippen LogP) is 1.14. The fourth-order valence-electron chi connectivity index (χ4n) is 1.60. The van der Waals surface area contributed by atoms with E-state index in [0.717, 1.165) is 0 Å². The number of rotatable bonds is 8. The molecule has 0 bridgehead atoms. The average molecular weight is 244 g/mol. The first kappa shape index (κ1) is 16.4. The van der Waals surface area contributed by atoms with Gasteiger partial charge in [-0.1, -0.05) is 27.7 Å². The molecule has 0 aromatic rings. The van der Waals surface area contributed by atoms with E-state index >= 15 is 0 Å². The maximum Gasteiger partial charge on any atom is 0.236 e. The van der Waals surface area contributed by atoms with Crippen LogP contribution >= 0.6 is 0 Å². The molecule has 2 atom stereocenters. The van der Waals surface area contributed by atoms with Gasteiger partial charge in [0.1, 0.15) is 0 Å². The van der Waals surface area contributed by atoms with Crippen LogP contribution in [0.1, 0.15) is 41.0 Å². The largest absolute Gasteiger partial charge is 0.396 e. The van der Waals surface area contributed by atoms with Crippen LogP contribution in [0.3, 0.4) is 0 Å². The van der Waals surface area contributed by atoms with Crippen molar-refractivity contribution in [1.29, 1.82) is 0 Å². The highest BCUT2D eigenvalue weighted by Crippen LogP contribution is 2.06. The summed E-state index contributed by atoms with van der Waals surface area (Å²) in [6.07, 6.45) is 0.680. The summed E-state index contributed by atoms with van der Waals surface area (Å²) in [7, 11) is 0. The topological polar surface area (TPSA) is 61.4 Å². The Hall–Kier alpha value is -0.610. The fourth-order valence-corrected chi connectivity index (χ4v) is 1.60. The van der Waals surface area contributed by atoms with E-state index in [4.69, 9.17) is 5.11 Å². The summed E-state index contributed by atoms with van der Waals surface area (Å²) >= 11 is 0.